The van der Waals surface area contributed by atoms with Crippen LogP contribution in [0.3, 0.4) is 0 Å². The van der Waals surface area contributed by atoms with Gasteiger partial charge in [0, 0.05) is 5.56 Å². The van der Waals surface area contributed by atoms with Crippen LogP contribution in [-0.2, 0) is 31.1 Å². The Labute approximate surface area is 219 Å². The highest BCUT2D eigenvalue weighted by atomic mass is 16.3. The van der Waals surface area contributed by atoms with Crippen LogP contribution in [0.25, 0.3) is 0 Å². The summed E-state index contributed by atoms with van der Waals surface area (Å²) in [4.78, 5) is 0. The molecule has 0 spiro atoms. The number of hydrogen-bond donors (Lipinski definition) is 2. The van der Waals surface area contributed by atoms with Crippen molar-refractivity contribution in [2.45, 2.75) is 92.9 Å². The summed E-state index contributed by atoms with van der Waals surface area (Å²) in [5.74, 6) is 1.13. The summed E-state index contributed by atoms with van der Waals surface area (Å²) >= 11 is 0. The van der Waals surface area contributed by atoms with E-state index >= 15 is 0 Å². The molecule has 3 aromatic rings. The molecule has 0 aliphatic rings. The van der Waals surface area contributed by atoms with Crippen LogP contribution in [0.2, 0.25) is 0 Å². The molecule has 36 heavy (non-hydrogen) atoms. The first-order valence-electron chi connectivity index (χ1n) is 13.4. The Balaban J connectivity index is 1.60. The van der Waals surface area contributed by atoms with Crippen LogP contribution < -0.4 is 0 Å². The third-order valence-corrected chi connectivity index (χ3v) is 6.97. The smallest absolute Gasteiger partial charge is 0.126 e. The second kappa shape index (κ2) is 11.1. The molecule has 0 aromatic heterocycles. The number of phenolic OH excluding ortho intramolecular Hbond substituents is 2. The van der Waals surface area contributed by atoms with Crippen LogP contribution >= 0.6 is 0 Å². The summed E-state index contributed by atoms with van der Waals surface area (Å²) in [6.07, 6.45) is 4.91. The molecule has 2 heteroatoms. The third-order valence-electron chi connectivity index (χ3n) is 6.97. The van der Waals surface area contributed by atoms with Crippen LogP contribution in [0.5, 0.6) is 11.5 Å². The Morgan fingerprint density at radius 1 is 0.694 bits per heavy atom. The minimum atomic E-state index is -0.320. The molecule has 0 radical (unpaired) electrons. The number of aromatic hydroxyl groups is 2. The maximum atomic E-state index is 10.9. The Hall–Kier alpha value is -2.74. The molecule has 0 saturated heterocycles. The van der Waals surface area contributed by atoms with Crippen molar-refractivity contribution in [2.24, 2.45) is 11.3 Å². The summed E-state index contributed by atoms with van der Waals surface area (Å²) in [7, 11) is 0. The predicted octanol–water partition coefficient (Wildman–Crippen LogP) is 8.69. The molecule has 0 heterocycles. The molecular weight excluding hydrogens is 440 g/mol. The van der Waals surface area contributed by atoms with Crippen molar-refractivity contribution in [3.05, 3.63) is 93.5 Å². The largest absolute Gasteiger partial charge is 0.507 e. The Morgan fingerprint density at radius 3 is 1.69 bits per heavy atom. The molecule has 2 N–H and O–H groups in total. The minimum Gasteiger partial charge on any atom is -0.507 e. The topological polar surface area (TPSA) is 40.5 Å². The van der Waals surface area contributed by atoms with Crippen LogP contribution in [0, 0.1) is 18.3 Å². The van der Waals surface area contributed by atoms with Crippen molar-refractivity contribution in [2.75, 3.05) is 0 Å². The first kappa shape index (κ1) is 27.8. The lowest BCUT2D eigenvalue weighted by atomic mass is 9.82. The van der Waals surface area contributed by atoms with Gasteiger partial charge in [-0.1, -0.05) is 97.0 Å². The van der Waals surface area contributed by atoms with Crippen LogP contribution in [0.15, 0.2) is 54.6 Å². The van der Waals surface area contributed by atoms with Crippen LogP contribution in [0.1, 0.15) is 93.8 Å². The molecule has 0 aliphatic heterocycles. The van der Waals surface area contributed by atoms with E-state index in [-0.39, 0.29) is 16.9 Å². The summed E-state index contributed by atoms with van der Waals surface area (Å²) in [6.45, 7) is 17.3. The molecule has 1 unspecified atom stereocenters. The highest BCUT2D eigenvalue weighted by Gasteiger charge is 2.25. The lowest BCUT2D eigenvalue weighted by Crippen LogP contribution is -2.13. The first-order valence-corrected chi connectivity index (χ1v) is 13.4. The molecule has 0 fully saturated rings. The lowest BCUT2D eigenvalue weighted by molar-refractivity contribution is 0.306. The molecule has 0 amide bonds. The molecule has 0 aliphatic carbocycles. The van der Waals surface area contributed by atoms with E-state index in [4.69, 9.17) is 0 Å². The average molecular weight is 487 g/mol. The molecule has 2 nitrogen and oxygen atoms in total. The summed E-state index contributed by atoms with van der Waals surface area (Å²) in [5, 5.41) is 21.4. The first-order chi connectivity index (χ1) is 16.7. The van der Waals surface area contributed by atoms with Crippen LogP contribution in [0.4, 0.5) is 0 Å². The van der Waals surface area contributed by atoms with Crippen molar-refractivity contribution in [1.82, 2.24) is 0 Å². The maximum absolute atomic E-state index is 10.9. The standard InChI is InChI=1S/C34H46O2/c1-23(22-33(3,4)5)19-26-13-15-28(16-14-26)21-27-11-9-25(10-12-27)17-18-29-20-24(2)31(35)30(32(29)36)34(6,7)8/h9-16,20,23,35-36H,17-19,21-22H2,1-8H3. The summed E-state index contributed by atoms with van der Waals surface area (Å²) in [6, 6.07) is 19.9. The van der Waals surface area contributed by atoms with E-state index in [1.165, 1.54) is 28.7 Å². The average Bonchev–Trinajstić information content (AvgIpc) is 2.75. The van der Waals surface area contributed by atoms with Crippen molar-refractivity contribution in [3.8, 4) is 11.5 Å². The SMILES string of the molecule is Cc1cc(CCc2ccc(Cc3ccc(CC(C)CC(C)(C)C)cc3)cc2)c(O)c(C(C)(C)C)c1O. The number of phenols is 2. The quantitative estimate of drug-likeness (QED) is 0.334. The Bertz CT molecular complexity index is 1140. The van der Waals surface area contributed by atoms with E-state index in [1.807, 2.05) is 33.8 Å². The minimum absolute atomic E-state index is 0.209. The van der Waals surface area contributed by atoms with E-state index < -0.39 is 0 Å². The molecular formula is C34H46O2. The summed E-state index contributed by atoms with van der Waals surface area (Å²) in [5.41, 5.74) is 7.75. The second-order valence-electron chi connectivity index (χ2n) is 13.1. The number of aryl methyl sites for hydroxylation is 3. The highest BCUT2D eigenvalue weighted by Crippen LogP contribution is 2.42. The van der Waals surface area contributed by atoms with Crippen molar-refractivity contribution >= 4 is 0 Å². The zero-order valence-corrected chi connectivity index (χ0v) is 23.7. The molecule has 0 bridgehead atoms. The molecule has 194 valence electrons. The zero-order valence-electron chi connectivity index (χ0n) is 23.7. The molecule has 3 aromatic carbocycles. The van der Waals surface area contributed by atoms with Crippen molar-refractivity contribution in [3.63, 3.8) is 0 Å². The van der Waals surface area contributed by atoms with Gasteiger partial charge in [0.15, 0.2) is 0 Å². The van der Waals surface area contributed by atoms with Gasteiger partial charge in [-0.25, -0.2) is 0 Å². The number of hydrogen-bond acceptors (Lipinski definition) is 2. The van der Waals surface area contributed by atoms with Gasteiger partial charge < -0.3 is 10.2 Å². The van der Waals surface area contributed by atoms with E-state index in [0.717, 1.165) is 36.8 Å². The highest BCUT2D eigenvalue weighted by molar-refractivity contribution is 5.56. The molecule has 1 atom stereocenters. The van der Waals surface area contributed by atoms with Gasteiger partial charge in [-0.2, -0.15) is 0 Å². The van der Waals surface area contributed by atoms with Gasteiger partial charge >= 0.3 is 0 Å². The van der Waals surface area contributed by atoms with Gasteiger partial charge in [-0.15, -0.1) is 0 Å². The monoisotopic (exact) mass is 486 g/mol. The van der Waals surface area contributed by atoms with E-state index in [0.29, 0.717) is 16.9 Å². The van der Waals surface area contributed by atoms with Crippen LogP contribution in [-0.4, -0.2) is 10.2 Å². The van der Waals surface area contributed by atoms with E-state index in [1.54, 1.807) is 0 Å². The van der Waals surface area contributed by atoms with Gasteiger partial charge in [-0.05, 0) is 95.2 Å². The maximum Gasteiger partial charge on any atom is 0.126 e. The fraction of sp³-hybridized carbons (Fsp3) is 0.471. The van der Waals surface area contributed by atoms with Crippen molar-refractivity contribution in [1.29, 1.82) is 0 Å². The summed E-state index contributed by atoms with van der Waals surface area (Å²) < 4.78 is 0. The lowest BCUT2D eigenvalue weighted by Gasteiger charge is -2.24. The Morgan fingerprint density at radius 2 is 1.19 bits per heavy atom. The molecule has 0 saturated carbocycles. The zero-order chi connectivity index (χ0) is 26.7. The van der Waals surface area contributed by atoms with Gasteiger partial charge in [0.05, 0.1) is 0 Å². The predicted molar refractivity (Wildman–Crippen MR) is 153 cm³/mol. The number of rotatable bonds is 8. The van der Waals surface area contributed by atoms with Gasteiger partial charge in [0.25, 0.3) is 0 Å². The fourth-order valence-corrected chi connectivity index (χ4v) is 5.42. The third kappa shape index (κ3) is 7.63. The Kier molecular flexibility index (Phi) is 8.59. The normalized spacial score (nSPS) is 13.1. The second-order valence-corrected chi connectivity index (χ2v) is 13.1. The number of benzene rings is 3. The molecule has 3 rings (SSSR count). The van der Waals surface area contributed by atoms with E-state index in [2.05, 4.69) is 76.2 Å². The van der Waals surface area contributed by atoms with E-state index in [9.17, 15) is 10.2 Å². The van der Waals surface area contributed by atoms with Gasteiger partial charge in [0.2, 0.25) is 0 Å². The van der Waals surface area contributed by atoms with Gasteiger partial charge in [0.1, 0.15) is 11.5 Å². The van der Waals surface area contributed by atoms with Crippen molar-refractivity contribution < 1.29 is 10.2 Å². The fourth-order valence-electron chi connectivity index (χ4n) is 5.42. The van der Waals surface area contributed by atoms with Gasteiger partial charge in [-0.3, -0.25) is 0 Å².